The molecule has 0 bridgehead atoms. The largest absolute Gasteiger partial charge is 0.454 e. The van der Waals surface area contributed by atoms with E-state index >= 15 is 0 Å². The summed E-state index contributed by atoms with van der Waals surface area (Å²) in [7, 11) is 0. The summed E-state index contributed by atoms with van der Waals surface area (Å²) in [4.78, 5) is 12.0. The van der Waals surface area contributed by atoms with Crippen LogP contribution >= 0.6 is 11.6 Å². The number of halogens is 2. The molecule has 2 aromatic carbocycles. The standard InChI is InChI=1S/C14H9ClFNO3/c15-9-2-3-11(10(16)6-9)17-14(18)8-1-4-12-13(5-8)20-7-19-12/h1-6H,7H2,(H,17,18). The summed E-state index contributed by atoms with van der Waals surface area (Å²) in [5, 5.41) is 2.74. The summed E-state index contributed by atoms with van der Waals surface area (Å²) in [5.74, 6) is 0.0459. The van der Waals surface area contributed by atoms with Gasteiger partial charge in [-0.15, -0.1) is 0 Å². The molecule has 0 fully saturated rings. The Morgan fingerprint density at radius 3 is 2.75 bits per heavy atom. The van der Waals surface area contributed by atoms with Crippen LogP contribution in [0.1, 0.15) is 10.4 Å². The molecule has 20 heavy (non-hydrogen) atoms. The van der Waals surface area contributed by atoms with E-state index in [1.807, 2.05) is 0 Å². The van der Waals surface area contributed by atoms with E-state index < -0.39 is 11.7 Å². The molecule has 1 heterocycles. The highest BCUT2D eigenvalue weighted by molar-refractivity contribution is 6.30. The molecule has 0 saturated heterocycles. The van der Waals surface area contributed by atoms with Crippen LogP contribution in [0.3, 0.4) is 0 Å². The fraction of sp³-hybridized carbons (Fsp3) is 0.0714. The molecule has 0 saturated carbocycles. The minimum Gasteiger partial charge on any atom is -0.454 e. The molecule has 1 aliphatic heterocycles. The summed E-state index contributed by atoms with van der Waals surface area (Å²) in [6, 6.07) is 8.80. The van der Waals surface area contributed by atoms with Crippen LogP contribution in [0.2, 0.25) is 5.02 Å². The van der Waals surface area contributed by atoms with Crippen molar-refractivity contribution in [3.05, 3.63) is 52.8 Å². The fourth-order valence-corrected chi connectivity index (χ4v) is 1.98. The van der Waals surface area contributed by atoms with E-state index in [0.29, 0.717) is 17.1 Å². The first kappa shape index (κ1) is 12.7. The Morgan fingerprint density at radius 1 is 1.15 bits per heavy atom. The van der Waals surface area contributed by atoms with Crippen LogP contribution in [0.5, 0.6) is 11.5 Å². The number of amides is 1. The molecule has 1 aliphatic rings. The maximum absolute atomic E-state index is 13.6. The van der Waals surface area contributed by atoms with Crippen LogP contribution in [-0.4, -0.2) is 12.7 Å². The number of ether oxygens (including phenoxy) is 2. The Balaban J connectivity index is 1.82. The normalized spacial score (nSPS) is 12.3. The predicted molar refractivity (Wildman–Crippen MR) is 71.9 cm³/mol. The minimum absolute atomic E-state index is 0.0667. The molecular weight excluding hydrogens is 285 g/mol. The molecule has 1 N–H and O–H groups in total. The van der Waals surface area contributed by atoms with Gasteiger partial charge in [0.2, 0.25) is 6.79 Å². The van der Waals surface area contributed by atoms with Crippen LogP contribution in [0.4, 0.5) is 10.1 Å². The molecule has 102 valence electrons. The van der Waals surface area contributed by atoms with Crippen molar-refractivity contribution in [2.45, 2.75) is 0 Å². The Labute approximate surface area is 119 Å². The number of carbonyl (C=O) groups excluding carboxylic acids is 1. The zero-order valence-electron chi connectivity index (χ0n) is 10.2. The maximum atomic E-state index is 13.6. The summed E-state index contributed by atoms with van der Waals surface area (Å²) < 4.78 is 23.9. The van der Waals surface area contributed by atoms with Gasteiger partial charge in [-0.1, -0.05) is 11.6 Å². The van der Waals surface area contributed by atoms with Crippen LogP contribution in [0.25, 0.3) is 0 Å². The zero-order valence-corrected chi connectivity index (χ0v) is 10.9. The monoisotopic (exact) mass is 293 g/mol. The first-order chi connectivity index (χ1) is 9.63. The highest BCUT2D eigenvalue weighted by Crippen LogP contribution is 2.32. The molecular formula is C14H9ClFNO3. The van der Waals surface area contributed by atoms with Crippen molar-refractivity contribution in [1.82, 2.24) is 0 Å². The van der Waals surface area contributed by atoms with E-state index in [1.54, 1.807) is 18.2 Å². The van der Waals surface area contributed by atoms with Crippen LogP contribution in [-0.2, 0) is 0 Å². The first-order valence-electron chi connectivity index (χ1n) is 5.79. The second-order valence-electron chi connectivity index (χ2n) is 4.15. The third kappa shape index (κ3) is 2.40. The lowest BCUT2D eigenvalue weighted by Gasteiger charge is -2.07. The van der Waals surface area contributed by atoms with Crippen LogP contribution in [0, 0.1) is 5.82 Å². The van der Waals surface area contributed by atoms with Crippen molar-refractivity contribution in [3.63, 3.8) is 0 Å². The molecule has 1 amide bonds. The lowest BCUT2D eigenvalue weighted by atomic mass is 10.2. The molecule has 6 heteroatoms. The van der Waals surface area contributed by atoms with E-state index in [4.69, 9.17) is 21.1 Å². The van der Waals surface area contributed by atoms with Gasteiger partial charge >= 0.3 is 0 Å². The van der Waals surface area contributed by atoms with Gasteiger partial charge in [0.15, 0.2) is 11.5 Å². The van der Waals surface area contributed by atoms with Crippen LogP contribution < -0.4 is 14.8 Å². The average molecular weight is 294 g/mol. The lowest BCUT2D eigenvalue weighted by molar-refractivity contribution is 0.102. The number of nitrogens with one attached hydrogen (secondary N) is 1. The number of carbonyl (C=O) groups is 1. The second-order valence-corrected chi connectivity index (χ2v) is 4.58. The molecule has 0 aromatic heterocycles. The highest BCUT2D eigenvalue weighted by Gasteiger charge is 2.17. The number of anilines is 1. The molecule has 2 aromatic rings. The number of hydrogen-bond acceptors (Lipinski definition) is 3. The summed E-state index contributed by atoms with van der Waals surface area (Å²) in [6.45, 7) is 0.131. The molecule has 0 unspecified atom stereocenters. The third-order valence-corrected chi connectivity index (χ3v) is 3.05. The molecule has 4 nitrogen and oxygen atoms in total. The van der Waals surface area contributed by atoms with Gasteiger partial charge in [0.05, 0.1) is 5.69 Å². The van der Waals surface area contributed by atoms with Gasteiger partial charge in [-0.05, 0) is 36.4 Å². The zero-order chi connectivity index (χ0) is 14.1. The first-order valence-corrected chi connectivity index (χ1v) is 6.17. The van der Waals surface area contributed by atoms with Gasteiger partial charge in [0.25, 0.3) is 5.91 Å². The van der Waals surface area contributed by atoms with Gasteiger partial charge in [-0.25, -0.2) is 4.39 Å². The number of fused-ring (bicyclic) bond motifs is 1. The summed E-state index contributed by atoms with van der Waals surface area (Å²) in [6.07, 6.45) is 0. The van der Waals surface area contributed by atoms with Crippen molar-refractivity contribution >= 4 is 23.2 Å². The highest BCUT2D eigenvalue weighted by atomic mass is 35.5. The quantitative estimate of drug-likeness (QED) is 0.922. The van der Waals surface area contributed by atoms with E-state index in [-0.39, 0.29) is 17.5 Å². The van der Waals surface area contributed by atoms with E-state index in [0.717, 1.165) is 6.07 Å². The van der Waals surface area contributed by atoms with Crippen molar-refractivity contribution in [2.24, 2.45) is 0 Å². The fourth-order valence-electron chi connectivity index (χ4n) is 1.82. The number of rotatable bonds is 2. The van der Waals surface area contributed by atoms with Crippen molar-refractivity contribution < 1.29 is 18.7 Å². The molecule has 0 radical (unpaired) electrons. The van der Waals surface area contributed by atoms with Gasteiger partial charge in [0, 0.05) is 10.6 Å². The van der Waals surface area contributed by atoms with Crippen molar-refractivity contribution in [3.8, 4) is 11.5 Å². The Morgan fingerprint density at radius 2 is 1.95 bits per heavy atom. The number of benzene rings is 2. The summed E-state index contributed by atoms with van der Waals surface area (Å²) in [5.41, 5.74) is 0.417. The SMILES string of the molecule is O=C(Nc1ccc(Cl)cc1F)c1ccc2c(c1)OCO2. The third-order valence-electron chi connectivity index (χ3n) is 2.81. The van der Waals surface area contributed by atoms with Gasteiger partial charge in [-0.2, -0.15) is 0 Å². The second kappa shape index (κ2) is 5.02. The Bertz CT molecular complexity index is 690. The smallest absolute Gasteiger partial charge is 0.255 e. The summed E-state index contributed by atoms with van der Waals surface area (Å²) >= 11 is 5.65. The lowest BCUT2D eigenvalue weighted by Crippen LogP contribution is -2.12. The molecule has 0 aliphatic carbocycles. The van der Waals surface area contributed by atoms with Crippen molar-refractivity contribution in [1.29, 1.82) is 0 Å². The molecule has 0 atom stereocenters. The molecule has 0 spiro atoms. The molecule has 3 rings (SSSR count). The maximum Gasteiger partial charge on any atom is 0.255 e. The average Bonchev–Trinajstić information content (AvgIpc) is 2.89. The van der Waals surface area contributed by atoms with Gasteiger partial charge < -0.3 is 14.8 Å². The topological polar surface area (TPSA) is 47.6 Å². The van der Waals surface area contributed by atoms with Crippen molar-refractivity contribution in [2.75, 3.05) is 12.1 Å². The van der Waals surface area contributed by atoms with E-state index in [1.165, 1.54) is 12.1 Å². The number of hydrogen-bond donors (Lipinski definition) is 1. The van der Waals surface area contributed by atoms with E-state index in [9.17, 15) is 9.18 Å². The Kier molecular flexibility index (Phi) is 3.20. The van der Waals surface area contributed by atoms with Gasteiger partial charge in [-0.3, -0.25) is 4.79 Å². The Hall–Kier alpha value is -2.27. The predicted octanol–water partition coefficient (Wildman–Crippen LogP) is 3.46. The van der Waals surface area contributed by atoms with Crippen LogP contribution in [0.15, 0.2) is 36.4 Å². The minimum atomic E-state index is -0.591. The van der Waals surface area contributed by atoms with Gasteiger partial charge in [0.1, 0.15) is 5.82 Å². The van der Waals surface area contributed by atoms with E-state index in [2.05, 4.69) is 5.32 Å².